The predicted octanol–water partition coefficient (Wildman–Crippen LogP) is 1.43. The first-order valence-electron chi connectivity index (χ1n) is 6.36. The van der Waals surface area contributed by atoms with E-state index in [1.165, 1.54) is 28.2 Å². The van der Waals surface area contributed by atoms with Crippen molar-refractivity contribution in [1.29, 1.82) is 0 Å². The highest BCUT2D eigenvalue weighted by Crippen LogP contribution is 2.29. The van der Waals surface area contributed by atoms with Gasteiger partial charge in [0.25, 0.3) is 0 Å². The lowest BCUT2D eigenvalue weighted by molar-refractivity contribution is 0.0686. The molecule has 1 N–H and O–H groups in total. The second kappa shape index (κ2) is 4.71. The van der Waals surface area contributed by atoms with Crippen LogP contribution < -0.4 is 0 Å². The number of nitrogens with zero attached hydrogens (tertiary/aromatic N) is 2. The molecular weight excluding hydrogens is 292 g/mol. The standard InChI is InChI=1S/C14H14N2O4S/c1-15-9-12(6-13(15)14(17)18)21(19,20)16-7-10-4-2-3-5-11(10)8-16/h2-6,9H,7-8H2,1H3,(H,17,18). The number of carboxylic acid groups (broad SMARTS) is 1. The van der Waals surface area contributed by atoms with Crippen LogP contribution in [0.4, 0.5) is 0 Å². The maximum absolute atomic E-state index is 12.6. The van der Waals surface area contributed by atoms with Crippen LogP contribution >= 0.6 is 0 Å². The molecule has 0 atom stereocenters. The number of fused-ring (bicyclic) bond motifs is 1. The highest BCUT2D eigenvalue weighted by Gasteiger charge is 2.31. The largest absolute Gasteiger partial charge is 0.477 e. The minimum Gasteiger partial charge on any atom is -0.477 e. The van der Waals surface area contributed by atoms with Crippen LogP contribution in [0.15, 0.2) is 41.4 Å². The number of hydrogen-bond acceptors (Lipinski definition) is 3. The topological polar surface area (TPSA) is 79.6 Å². The third-order valence-corrected chi connectivity index (χ3v) is 5.41. The molecule has 0 saturated carbocycles. The van der Waals surface area contributed by atoms with E-state index in [0.29, 0.717) is 13.1 Å². The lowest BCUT2D eigenvalue weighted by Crippen LogP contribution is -2.25. The summed E-state index contributed by atoms with van der Waals surface area (Å²) in [5.41, 5.74) is 1.91. The lowest BCUT2D eigenvalue weighted by atomic mass is 10.1. The summed E-state index contributed by atoms with van der Waals surface area (Å²) >= 11 is 0. The van der Waals surface area contributed by atoms with Gasteiger partial charge in [-0.25, -0.2) is 13.2 Å². The van der Waals surface area contributed by atoms with Gasteiger partial charge in [-0.15, -0.1) is 0 Å². The van der Waals surface area contributed by atoms with E-state index in [1.54, 1.807) is 0 Å². The number of rotatable bonds is 3. The molecule has 0 saturated heterocycles. The second-order valence-corrected chi connectivity index (χ2v) is 6.96. The van der Waals surface area contributed by atoms with Gasteiger partial charge in [-0.1, -0.05) is 24.3 Å². The summed E-state index contributed by atoms with van der Waals surface area (Å²) in [6.07, 6.45) is 1.34. The molecule has 1 aromatic heterocycles. The zero-order valence-corrected chi connectivity index (χ0v) is 12.2. The zero-order valence-electron chi connectivity index (χ0n) is 11.4. The SMILES string of the molecule is Cn1cc(S(=O)(=O)N2Cc3ccccc3C2)cc1C(=O)O. The molecule has 7 heteroatoms. The lowest BCUT2D eigenvalue weighted by Gasteiger charge is -2.14. The van der Waals surface area contributed by atoms with Crippen LogP contribution in [0.3, 0.4) is 0 Å². The maximum Gasteiger partial charge on any atom is 0.352 e. The van der Waals surface area contributed by atoms with Crippen LogP contribution in [0.5, 0.6) is 0 Å². The summed E-state index contributed by atoms with van der Waals surface area (Å²) in [5.74, 6) is -1.15. The average Bonchev–Trinajstić information content (AvgIpc) is 3.02. The molecule has 0 spiro atoms. The fourth-order valence-corrected chi connectivity index (χ4v) is 3.98. The number of carbonyl (C=O) groups is 1. The Hall–Kier alpha value is -2.12. The summed E-state index contributed by atoms with van der Waals surface area (Å²) in [6.45, 7) is 0.631. The van der Waals surface area contributed by atoms with Crippen molar-refractivity contribution in [3.8, 4) is 0 Å². The minimum absolute atomic E-state index is 0.00945. The van der Waals surface area contributed by atoms with E-state index >= 15 is 0 Å². The molecule has 2 heterocycles. The zero-order chi connectivity index (χ0) is 15.2. The average molecular weight is 306 g/mol. The Morgan fingerprint density at radius 2 is 1.76 bits per heavy atom. The van der Waals surface area contributed by atoms with Crippen molar-refractivity contribution < 1.29 is 18.3 Å². The quantitative estimate of drug-likeness (QED) is 0.930. The normalized spacial score (nSPS) is 15.1. The molecule has 1 aliphatic heterocycles. The van der Waals surface area contributed by atoms with Crippen LogP contribution in [0.25, 0.3) is 0 Å². The summed E-state index contributed by atoms with van der Waals surface area (Å²) < 4.78 is 27.9. The van der Waals surface area contributed by atoms with Gasteiger partial charge in [0.2, 0.25) is 10.0 Å². The van der Waals surface area contributed by atoms with E-state index in [0.717, 1.165) is 11.1 Å². The van der Waals surface area contributed by atoms with Crippen LogP contribution in [-0.2, 0) is 30.2 Å². The van der Waals surface area contributed by atoms with Gasteiger partial charge in [0.05, 0.1) is 0 Å². The van der Waals surface area contributed by atoms with E-state index in [1.807, 2.05) is 24.3 Å². The van der Waals surface area contributed by atoms with Crippen LogP contribution in [-0.4, -0.2) is 28.4 Å². The first-order chi connectivity index (χ1) is 9.89. The number of benzene rings is 1. The van der Waals surface area contributed by atoms with Crippen molar-refractivity contribution in [3.05, 3.63) is 53.3 Å². The van der Waals surface area contributed by atoms with E-state index < -0.39 is 16.0 Å². The van der Waals surface area contributed by atoms with Gasteiger partial charge in [0.1, 0.15) is 10.6 Å². The van der Waals surface area contributed by atoms with Crippen molar-refractivity contribution >= 4 is 16.0 Å². The molecule has 3 rings (SSSR count). The first-order valence-corrected chi connectivity index (χ1v) is 7.80. The molecule has 110 valence electrons. The van der Waals surface area contributed by atoms with Gasteiger partial charge in [0, 0.05) is 26.3 Å². The number of carboxylic acids is 1. The molecular formula is C14H14N2O4S. The van der Waals surface area contributed by atoms with E-state index in [-0.39, 0.29) is 10.6 Å². The molecule has 0 aliphatic carbocycles. The summed E-state index contributed by atoms with van der Waals surface area (Å²) in [5, 5.41) is 9.02. The molecule has 0 unspecified atom stereocenters. The van der Waals surface area contributed by atoms with Gasteiger partial charge < -0.3 is 9.67 Å². The summed E-state index contributed by atoms with van der Waals surface area (Å²) in [6, 6.07) is 8.75. The smallest absolute Gasteiger partial charge is 0.352 e. The Balaban J connectivity index is 1.96. The first kappa shape index (κ1) is 13.8. The number of aromatic carboxylic acids is 1. The van der Waals surface area contributed by atoms with Gasteiger partial charge in [-0.2, -0.15) is 4.31 Å². The number of aromatic nitrogens is 1. The van der Waals surface area contributed by atoms with Gasteiger partial charge >= 0.3 is 5.97 Å². The fraction of sp³-hybridized carbons (Fsp3) is 0.214. The van der Waals surface area contributed by atoms with Gasteiger partial charge in [-0.05, 0) is 17.2 Å². The Labute approximate surface area is 122 Å². The Morgan fingerprint density at radius 1 is 1.19 bits per heavy atom. The van der Waals surface area contributed by atoms with Crippen molar-refractivity contribution in [2.45, 2.75) is 18.0 Å². The molecule has 6 nitrogen and oxygen atoms in total. The number of sulfonamides is 1. The van der Waals surface area contributed by atoms with Crippen molar-refractivity contribution in [2.75, 3.05) is 0 Å². The summed E-state index contributed by atoms with van der Waals surface area (Å²) in [7, 11) is -2.18. The molecule has 0 amide bonds. The minimum atomic E-state index is -3.69. The van der Waals surface area contributed by atoms with Crippen LogP contribution in [0, 0.1) is 0 Å². The van der Waals surface area contributed by atoms with E-state index in [2.05, 4.69) is 0 Å². The Kier molecular flexibility index (Phi) is 3.11. The van der Waals surface area contributed by atoms with Crippen LogP contribution in [0.1, 0.15) is 21.6 Å². The second-order valence-electron chi connectivity index (χ2n) is 5.02. The highest BCUT2D eigenvalue weighted by atomic mass is 32.2. The Morgan fingerprint density at radius 3 is 2.24 bits per heavy atom. The Bertz CT molecular complexity index is 798. The molecule has 1 aromatic carbocycles. The molecule has 2 aromatic rings. The van der Waals surface area contributed by atoms with Crippen molar-refractivity contribution in [3.63, 3.8) is 0 Å². The maximum atomic E-state index is 12.6. The van der Waals surface area contributed by atoms with E-state index in [9.17, 15) is 13.2 Å². The van der Waals surface area contributed by atoms with Crippen LogP contribution in [0.2, 0.25) is 0 Å². The van der Waals surface area contributed by atoms with Gasteiger partial charge in [-0.3, -0.25) is 0 Å². The van der Waals surface area contributed by atoms with Crippen molar-refractivity contribution in [1.82, 2.24) is 8.87 Å². The molecule has 21 heavy (non-hydrogen) atoms. The highest BCUT2D eigenvalue weighted by molar-refractivity contribution is 7.89. The third-order valence-electron chi connectivity index (χ3n) is 3.65. The summed E-state index contributed by atoms with van der Waals surface area (Å²) in [4.78, 5) is 11.0. The molecule has 0 radical (unpaired) electrons. The van der Waals surface area contributed by atoms with E-state index in [4.69, 9.17) is 5.11 Å². The third kappa shape index (κ3) is 2.24. The predicted molar refractivity (Wildman–Crippen MR) is 75.2 cm³/mol. The van der Waals surface area contributed by atoms with Gasteiger partial charge in [0.15, 0.2) is 0 Å². The molecule has 0 fully saturated rings. The monoisotopic (exact) mass is 306 g/mol. The molecule has 0 bridgehead atoms. The van der Waals surface area contributed by atoms with Crippen molar-refractivity contribution in [2.24, 2.45) is 7.05 Å². The number of hydrogen-bond donors (Lipinski definition) is 1. The fourth-order valence-electron chi connectivity index (χ4n) is 2.51. The number of aryl methyl sites for hydroxylation is 1. The molecule has 1 aliphatic rings.